The number of halogens is 1. The lowest BCUT2D eigenvalue weighted by Gasteiger charge is -2.57. The van der Waals surface area contributed by atoms with Crippen LogP contribution in [0.4, 0.5) is 4.39 Å². The van der Waals surface area contributed by atoms with E-state index in [1.54, 1.807) is 0 Å². The molecule has 0 bridgehead atoms. The molecule has 25 heavy (non-hydrogen) atoms. The second-order valence-electron chi connectivity index (χ2n) is 9.37. The molecule has 1 N–H and O–H groups in total. The summed E-state index contributed by atoms with van der Waals surface area (Å²) in [6, 6.07) is 0. The van der Waals surface area contributed by atoms with Crippen LogP contribution in [0.2, 0.25) is 0 Å². The van der Waals surface area contributed by atoms with Crippen LogP contribution < -0.4 is 0 Å². The Kier molecular flexibility index (Phi) is 3.99. The van der Waals surface area contributed by atoms with Crippen molar-refractivity contribution in [1.29, 1.82) is 0 Å². The summed E-state index contributed by atoms with van der Waals surface area (Å²) in [7, 11) is 0. The van der Waals surface area contributed by atoms with Gasteiger partial charge in [-0.05, 0) is 73.2 Å². The second-order valence-corrected chi connectivity index (χ2v) is 9.37. The highest BCUT2D eigenvalue weighted by Crippen LogP contribution is 2.67. The number of allylic oxidation sites excluding steroid dienone is 1. The van der Waals surface area contributed by atoms with E-state index in [0.717, 1.165) is 32.1 Å². The number of hydrogen-bond donors (Lipinski definition) is 1. The SMILES string of the molecule is C[C@]12CC[C@H]3[C@@H](CCC4=CC(=O)CC[C@@]43C)[C@@H]1CC(F)[C@@H]2C(=O)CO. The standard InChI is InChI=1S/C21H29FO3/c1-20-7-5-13(24)9-12(20)3-4-14-15(20)6-8-21(2)16(14)10-17(22)19(21)18(25)11-23/h9,14-17,19,23H,3-8,10-11H2,1-2H3/t14-,15+,16+,17?,19-,20+,21+/m1/s1. The van der Waals surface area contributed by atoms with Crippen molar-refractivity contribution in [2.75, 3.05) is 6.61 Å². The Balaban J connectivity index is 1.67. The van der Waals surface area contributed by atoms with Gasteiger partial charge in [0.1, 0.15) is 12.8 Å². The third-order valence-corrected chi connectivity index (χ3v) is 8.45. The van der Waals surface area contributed by atoms with E-state index in [1.165, 1.54) is 5.57 Å². The van der Waals surface area contributed by atoms with Crippen LogP contribution in [-0.2, 0) is 9.59 Å². The minimum absolute atomic E-state index is 0.0725. The highest BCUT2D eigenvalue weighted by atomic mass is 19.1. The van der Waals surface area contributed by atoms with Gasteiger partial charge in [-0.1, -0.05) is 19.4 Å². The number of fused-ring (bicyclic) bond motifs is 5. The molecule has 0 aliphatic heterocycles. The van der Waals surface area contributed by atoms with Crippen LogP contribution in [0.5, 0.6) is 0 Å². The maximum Gasteiger partial charge on any atom is 0.164 e. The summed E-state index contributed by atoms with van der Waals surface area (Å²) in [4.78, 5) is 24.1. The molecule has 1 unspecified atom stereocenters. The van der Waals surface area contributed by atoms with E-state index in [4.69, 9.17) is 0 Å². The van der Waals surface area contributed by atoms with Gasteiger partial charge in [0, 0.05) is 6.42 Å². The molecule has 4 heteroatoms. The maximum atomic E-state index is 14.8. The molecule has 4 rings (SSSR count). The van der Waals surface area contributed by atoms with Crippen molar-refractivity contribution in [1.82, 2.24) is 0 Å². The van der Waals surface area contributed by atoms with Crippen LogP contribution in [-0.4, -0.2) is 29.5 Å². The van der Waals surface area contributed by atoms with Crippen LogP contribution >= 0.6 is 0 Å². The summed E-state index contributed by atoms with van der Waals surface area (Å²) in [5.74, 6) is 0.447. The smallest absolute Gasteiger partial charge is 0.164 e. The largest absolute Gasteiger partial charge is 0.389 e. The van der Waals surface area contributed by atoms with Gasteiger partial charge in [-0.2, -0.15) is 0 Å². The molecule has 3 fully saturated rings. The van der Waals surface area contributed by atoms with Gasteiger partial charge in [-0.25, -0.2) is 4.39 Å². The first-order valence-corrected chi connectivity index (χ1v) is 9.83. The fraction of sp³-hybridized carbons (Fsp3) is 0.810. The normalized spacial score (nSPS) is 49.0. The van der Waals surface area contributed by atoms with E-state index in [-0.39, 0.29) is 28.3 Å². The van der Waals surface area contributed by atoms with Gasteiger partial charge in [0.15, 0.2) is 11.6 Å². The molecule has 138 valence electrons. The predicted molar refractivity (Wildman–Crippen MR) is 92.6 cm³/mol. The molecule has 4 aliphatic rings. The number of carbonyl (C=O) groups is 2. The third kappa shape index (κ3) is 2.32. The first-order chi connectivity index (χ1) is 11.8. The average Bonchev–Trinajstić information content (AvgIpc) is 2.85. The minimum atomic E-state index is -1.12. The number of aliphatic hydroxyl groups is 1. The van der Waals surface area contributed by atoms with Crippen LogP contribution in [0.15, 0.2) is 11.6 Å². The Morgan fingerprint density at radius 3 is 2.72 bits per heavy atom. The van der Waals surface area contributed by atoms with Gasteiger partial charge >= 0.3 is 0 Å². The van der Waals surface area contributed by atoms with Gasteiger partial charge < -0.3 is 5.11 Å². The van der Waals surface area contributed by atoms with Crippen LogP contribution in [0.25, 0.3) is 0 Å². The number of Topliss-reactive ketones (excluding diaryl/α,β-unsaturated/α-hetero) is 1. The summed E-state index contributed by atoms with van der Waals surface area (Å²) in [6.07, 6.45) is 6.57. The molecule has 0 aromatic heterocycles. The van der Waals surface area contributed by atoms with E-state index in [2.05, 4.69) is 13.8 Å². The van der Waals surface area contributed by atoms with E-state index in [0.29, 0.717) is 24.7 Å². The molecule has 7 atom stereocenters. The van der Waals surface area contributed by atoms with Crippen LogP contribution in [0, 0.1) is 34.5 Å². The number of rotatable bonds is 2. The number of hydrogen-bond acceptors (Lipinski definition) is 3. The van der Waals surface area contributed by atoms with E-state index >= 15 is 0 Å². The zero-order valence-electron chi connectivity index (χ0n) is 15.3. The first kappa shape index (κ1) is 17.4. The summed E-state index contributed by atoms with van der Waals surface area (Å²) < 4.78 is 14.8. The minimum Gasteiger partial charge on any atom is -0.389 e. The number of aliphatic hydroxyl groups excluding tert-OH is 1. The molecule has 3 saturated carbocycles. The predicted octanol–water partition coefficient (Wildman–Crippen LogP) is 3.64. The van der Waals surface area contributed by atoms with Crippen molar-refractivity contribution >= 4 is 11.6 Å². The monoisotopic (exact) mass is 348 g/mol. The summed E-state index contributed by atoms with van der Waals surface area (Å²) in [5, 5.41) is 9.31. The van der Waals surface area contributed by atoms with Crippen LogP contribution in [0.3, 0.4) is 0 Å². The van der Waals surface area contributed by atoms with Crippen molar-refractivity contribution in [3.63, 3.8) is 0 Å². The highest BCUT2D eigenvalue weighted by molar-refractivity contribution is 5.91. The molecule has 0 saturated heterocycles. The van der Waals surface area contributed by atoms with Crippen molar-refractivity contribution in [3.8, 4) is 0 Å². The summed E-state index contributed by atoms with van der Waals surface area (Å²) in [5.41, 5.74) is 1.07. The van der Waals surface area contributed by atoms with Crippen molar-refractivity contribution < 1.29 is 19.1 Å². The highest BCUT2D eigenvalue weighted by Gasteiger charge is 2.63. The van der Waals surface area contributed by atoms with Crippen molar-refractivity contribution in [2.45, 2.75) is 65.0 Å². The lowest BCUT2D eigenvalue weighted by molar-refractivity contribution is -0.135. The topological polar surface area (TPSA) is 54.4 Å². The second kappa shape index (κ2) is 5.73. The molecule has 0 heterocycles. The third-order valence-electron chi connectivity index (χ3n) is 8.45. The zero-order chi connectivity index (χ0) is 18.0. The Morgan fingerprint density at radius 1 is 1.24 bits per heavy atom. The molecule has 0 radical (unpaired) electrons. The van der Waals surface area contributed by atoms with Gasteiger partial charge in [-0.3, -0.25) is 9.59 Å². The van der Waals surface area contributed by atoms with Gasteiger partial charge in [0.25, 0.3) is 0 Å². The quantitative estimate of drug-likeness (QED) is 0.829. The van der Waals surface area contributed by atoms with E-state index in [1.807, 2.05) is 6.08 Å². The molecular weight excluding hydrogens is 319 g/mol. The van der Waals surface area contributed by atoms with Gasteiger partial charge in [0.2, 0.25) is 0 Å². The van der Waals surface area contributed by atoms with Crippen molar-refractivity contribution in [3.05, 3.63) is 11.6 Å². The van der Waals surface area contributed by atoms with E-state index in [9.17, 15) is 19.1 Å². The van der Waals surface area contributed by atoms with Gasteiger partial charge in [0.05, 0.1) is 5.92 Å². The summed E-state index contributed by atoms with van der Waals surface area (Å²) in [6.45, 7) is 3.85. The molecule has 3 nitrogen and oxygen atoms in total. The molecule has 0 spiro atoms. The van der Waals surface area contributed by atoms with Crippen molar-refractivity contribution in [2.24, 2.45) is 34.5 Å². The summed E-state index contributed by atoms with van der Waals surface area (Å²) >= 11 is 0. The Hall–Kier alpha value is -1.03. The maximum absolute atomic E-state index is 14.8. The first-order valence-electron chi connectivity index (χ1n) is 9.83. The molecule has 4 aliphatic carbocycles. The number of carbonyl (C=O) groups excluding carboxylic acids is 2. The lowest BCUT2D eigenvalue weighted by atomic mass is 9.46. The molecular formula is C21H29FO3. The molecule has 0 aromatic carbocycles. The molecule has 0 aromatic rings. The Labute approximate surface area is 149 Å². The number of ketones is 2. The van der Waals surface area contributed by atoms with E-state index < -0.39 is 18.7 Å². The Morgan fingerprint density at radius 2 is 2.00 bits per heavy atom. The van der Waals surface area contributed by atoms with Crippen LogP contribution in [0.1, 0.15) is 58.8 Å². The Bertz CT molecular complexity index is 641. The molecule has 0 amide bonds. The fourth-order valence-electron chi connectivity index (χ4n) is 7.20. The zero-order valence-corrected chi connectivity index (χ0v) is 15.3. The van der Waals surface area contributed by atoms with Gasteiger partial charge in [-0.15, -0.1) is 0 Å². The number of alkyl halides is 1. The fourth-order valence-corrected chi connectivity index (χ4v) is 7.20. The average molecular weight is 348 g/mol. The lowest BCUT2D eigenvalue weighted by Crippen LogP contribution is -2.51.